The molecule has 3 aromatic heterocycles. The van der Waals surface area contributed by atoms with Gasteiger partial charge in [0.25, 0.3) is 0 Å². The van der Waals surface area contributed by atoms with Crippen molar-refractivity contribution < 1.29 is 0 Å². The summed E-state index contributed by atoms with van der Waals surface area (Å²) in [6.07, 6.45) is 3.75. The molecule has 0 radical (unpaired) electrons. The lowest BCUT2D eigenvalue weighted by atomic mass is 10.0. The third-order valence-corrected chi connectivity index (χ3v) is 4.38. The molecule has 0 amide bonds. The van der Waals surface area contributed by atoms with Crippen molar-refractivity contribution in [3.63, 3.8) is 0 Å². The number of benzene rings is 1. The maximum Gasteiger partial charge on any atom is 0.129 e. The normalized spacial score (nSPS) is 11.4. The summed E-state index contributed by atoms with van der Waals surface area (Å²) in [5.41, 5.74) is 5.57. The molecule has 22 heavy (non-hydrogen) atoms. The molecule has 0 aliphatic rings. The highest BCUT2D eigenvalue weighted by molar-refractivity contribution is 6.29. The first kappa shape index (κ1) is 13.3. The minimum atomic E-state index is 0.526. The molecule has 4 rings (SSSR count). The van der Waals surface area contributed by atoms with E-state index in [0.717, 1.165) is 16.8 Å². The standard InChI is InChI=1S/C18H14ClN3/c1-11-13(5-6-18(19)21-11)12-3-4-14-15-10-20-8-7-16(15)22(2)17(14)9-12/h3-10H,1-2H3. The van der Waals surface area contributed by atoms with Crippen LogP contribution < -0.4 is 0 Å². The molecule has 0 atom stereocenters. The first-order valence-corrected chi connectivity index (χ1v) is 7.48. The van der Waals surface area contributed by atoms with Crippen molar-refractivity contribution in [3.05, 3.63) is 59.6 Å². The van der Waals surface area contributed by atoms with Crippen LogP contribution in [-0.4, -0.2) is 14.5 Å². The van der Waals surface area contributed by atoms with E-state index in [0.29, 0.717) is 5.15 Å². The quantitative estimate of drug-likeness (QED) is 0.475. The highest BCUT2D eigenvalue weighted by atomic mass is 35.5. The summed E-state index contributed by atoms with van der Waals surface area (Å²) in [7, 11) is 2.08. The smallest absolute Gasteiger partial charge is 0.129 e. The predicted molar refractivity (Wildman–Crippen MR) is 91.2 cm³/mol. The van der Waals surface area contributed by atoms with Crippen molar-refractivity contribution >= 4 is 33.4 Å². The van der Waals surface area contributed by atoms with Gasteiger partial charge in [0.05, 0.1) is 5.52 Å². The van der Waals surface area contributed by atoms with Gasteiger partial charge in [-0.1, -0.05) is 23.7 Å². The number of rotatable bonds is 1. The predicted octanol–water partition coefficient (Wildman–Crippen LogP) is 4.75. The Bertz CT molecular complexity index is 1020. The lowest BCUT2D eigenvalue weighted by Gasteiger charge is -2.07. The molecule has 0 spiro atoms. The van der Waals surface area contributed by atoms with Crippen LogP contribution in [0.2, 0.25) is 5.15 Å². The Hall–Kier alpha value is -2.39. The molecule has 0 saturated carbocycles. The van der Waals surface area contributed by atoms with Crippen molar-refractivity contribution in [1.29, 1.82) is 0 Å². The molecular formula is C18H14ClN3. The van der Waals surface area contributed by atoms with Crippen LogP contribution in [0.4, 0.5) is 0 Å². The van der Waals surface area contributed by atoms with E-state index in [-0.39, 0.29) is 0 Å². The molecule has 1 aromatic carbocycles. The highest BCUT2D eigenvalue weighted by Gasteiger charge is 2.10. The summed E-state index contributed by atoms with van der Waals surface area (Å²) >= 11 is 5.96. The Labute approximate surface area is 133 Å². The Morgan fingerprint density at radius 3 is 2.68 bits per heavy atom. The molecule has 0 bridgehead atoms. The lowest BCUT2D eigenvalue weighted by Crippen LogP contribution is -1.90. The van der Waals surface area contributed by atoms with Gasteiger partial charge in [0.15, 0.2) is 0 Å². The Kier molecular flexibility index (Phi) is 2.91. The minimum absolute atomic E-state index is 0.526. The van der Waals surface area contributed by atoms with Crippen LogP contribution in [0.1, 0.15) is 5.69 Å². The third kappa shape index (κ3) is 1.90. The minimum Gasteiger partial charge on any atom is -0.343 e. The van der Waals surface area contributed by atoms with Gasteiger partial charge in [-0.2, -0.15) is 0 Å². The molecule has 0 N–H and O–H groups in total. The lowest BCUT2D eigenvalue weighted by molar-refractivity contribution is 1.01. The molecule has 3 heterocycles. The van der Waals surface area contributed by atoms with E-state index in [4.69, 9.17) is 11.6 Å². The van der Waals surface area contributed by atoms with Gasteiger partial charge in [0.1, 0.15) is 5.15 Å². The zero-order valence-electron chi connectivity index (χ0n) is 12.3. The number of hydrogen-bond acceptors (Lipinski definition) is 2. The summed E-state index contributed by atoms with van der Waals surface area (Å²) in [5, 5.41) is 2.92. The zero-order valence-corrected chi connectivity index (χ0v) is 13.1. The maximum absolute atomic E-state index is 5.96. The number of fused-ring (bicyclic) bond motifs is 3. The average molecular weight is 308 g/mol. The van der Waals surface area contributed by atoms with Crippen LogP contribution >= 0.6 is 11.6 Å². The van der Waals surface area contributed by atoms with Crippen molar-refractivity contribution in [3.8, 4) is 11.1 Å². The number of aromatic nitrogens is 3. The van der Waals surface area contributed by atoms with E-state index in [1.54, 1.807) is 0 Å². The number of aryl methyl sites for hydroxylation is 2. The van der Waals surface area contributed by atoms with E-state index in [1.807, 2.05) is 37.5 Å². The molecule has 0 aliphatic heterocycles. The van der Waals surface area contributed by atoms with Crippen LogP contribution in [0, 0.1) is 6.92 Å². The number of halogens is 1. The molecule has 3 nitrogen and oxygen atoms in total. The molecule has 0 unspecified atom stereocenters. The maximum atomic E-state index is 5.96. The van der Waals surface area contributed by atoms with Gasteiger partial charge >= 0.3 is 0 Å². The molecule has 4 heteroatoms. The number of pyridine rings is 2. The van der Waals surface area contributed by atoms with Crippen LogP contribution in [0.5, 0.6) is 0 Å². The average Bonchev–Trinajstić information content (AvgIpc) is 2.81. The van der Waals surface area contributed by atoms with Gasteiger partial charge in [-0.3, -0.25) is 4.98 Å². The second-order valence-electron chi connectivity index (χ2n) is 5.45. The van der Waals surface area contributed by atoms with Gasteiger partial charge in [0.2, 0.25) is 0 Å². The second kappa shape index (κ2) is 4.82. The molecule has 4 aromatic rings. The van der Waals surface area contributed by atoms with Crippen molar-refractivity contribution in [2.24, 2.45) is 7.05 Å². The Morgan fingerprint density at radius 2 is 1.86 bits per heavy atom. The van der Waals surface area contributed by atoms with Crippen LogP contribution in [-0.2, 0) is 7.05 Å². The fraction of sp³-hybridized carbons (Fsp3) is 0.111. The van der Waals surface area contributed by atoms with E-state index in [9.17, 15) is 0 Å². The first-order valence-electron chi connectivity index (χ1n) is 7.11. The fourth-order valence-corrected chi connectivity index (χ4v) is 3.25. The molecule has 0 fully saturated rings. The molecule has 0 saturated heterocycles. The van der Waals surface area contributed by atoms with Crippen LogP contribution in [0.25, 0.3) is 32.9 Å². The van der Waals surface area contributed by atoms with Crippen LogP contribution in [0.15, 0.2) is 48.8 Å². The van der Waals surface area contributed by atoms with Crippen molar-refractivity contribution in [2.75, 3.05) is 0 Å². The SMILES string of the molecule is Cc1nc(Cl)ccc1-c1ccc2c3cnccc3n(C)c2c1. The molecular weight excluding hydrogens is 294 g/mol. The van der Waals surface area contributed by atoms with E-state index < -0.39 is 0 Å². The van der Waals surface area contributed by atoms with E-state index in [2.05, 4.69) is 39.8 Å². The van der Waals surface area contributed by atoms with E-state index in [1.165, 1.54) is 21.8 Å². The largest absolute Gasteiger partial charge is 0.343 e. The third-order valence-electron chi connectivity index (χ3n) is 4.17. The van der Waals surface area contributed by atoms with Gasteiger partial charge in [-0.15, -0.1) is 0 Å². The van der Waals surface area contributed by atoms with Gasteiger partial charge in [0, 0.05) is 47.0 Å². The topological polar surface area (TPSA) is 30.7 Å². The Balaban J connectivity index is 2.01. The number of hydrogen-bond donors (Lipinski definition) is 0. The summed E-state index contributed by atoms with van der Waals surface area (Å²) in [5.74, 6) is 0. The fourth-order valence-electron chi connectivity index (χ4n) is 3.06. The van der Waals surface area contributed by atoms with Crippen molar-refractivity contribution in [2.45, 2.75) is 6.92 Å². The summed E-state index contributed by atoms with van der Waals surface area (Å²) in [6, 6.07) is 12.4. The van der Waals surface area contributed by atoms with Gasteiger partial charge in [-0.05, 0) is 36.8 Å². The highest BCUT2D eigenvalue weighted by Crippen LogP contribution is 2.32. The molecule has 108 valence electrons. The van der Waals surface area contributed by atoms with E-state index >= 15 is 0 Å². The second-order valence-corrected chi connectivity index (χ2v) is 5.84. The Morgan fingerprint density at radius 1 is 1.00 bits per heavy atom. The molecule has 0 aliphatic carbocycles. The van der Waals surface area contributed by atoms with Crippen LogP contribution in [0.3, 0.4) is 0 Å². The zero-order chi connectivity index (χ0) is 15.3. The monoisotopic (exact) mass is 307 g/mol. The van der Waals surface area contributed by atoms with Crippen molar-refractivity contribution in [1.82, 2.24) is 14.5 Å². The number of nitrogens with zero attached hydrogens (tertiary/aromatic N) is 3. The van der Waals surface area contributed by atoms with Gasteiger partial charge < -0.3 is 4.57 Å². The first-order chi connectivity index (χ1) is 10.6. The summed E-state index contributed by atoms with van der Waals surface area (Å²) in [6.45, 7) is 1.98. The summed E-state index contributed by atoms with van der Waals surface area (Å²) < 4.78 is 2.20. The summed E-state index contributed by atoms with van der Waals surface area (Å²) in [4.78, 5) is 8.59. The van der Waals surface area contributed by atoms with Gasteiger partial charge in [-0.25, -0.2) is 4.98 Å².